The van der Waals surface area contributed by atoms with Crippen LogP contribution in [0.25, 0.3) is 11.4 Å². The molecule has 0 aliphatic carbocycles. The number of hydrogen-bond acceptors (Lipinski definition) is 6. The summed E-state index contributed by atoms with van der Waals surface area (Å²) in [6.45, 7) is 1.34. The quantitative estimate of drug-likeness (QED) is 0.708. The number of nitrogens with zero attached hydrogens (tertiary/aromatic N) is 4. The highest BCUT2D eigenvalue weighted by Crippen LogP contribution is 2.19. The number of rotatable bonds is 7. The van der Waals surface area contributed by atoms with Crippen molar-refractivity contribution in [1.29, 1.82) is 0 Å². The van der Waals surface area contributed by atoms with Crippen LogP contribution in [0.3, 0.4) is 0 Å². The Hall–Kier alpha value is -2.99. The summed E-state index contributed by atoms with van der Waals surface area (Å²) in [6, 6.07) is 13.8. The van der Waals surface area contributed by atoms with Crippen LogP contribution in [0.1, 0.15) is 11.3 Å². The molecule has 6 heteroatoms. The maximum Gasteiger partial charge on any atom is 0.163 e. The lowest BCUT2D eigenvalue weighted by atomic mass is 10.2. The van der Waals surface area contributed by atoms with Crippen molar-refractivity contribution in [2.45, 2.75) is 13.1 Å². The minimum atomic E-state index is 0.634. The normalized spacial score (nSPS) is 10.6. The molecule has 26 heavy (non-hydrogen) atoms. The van der Waals surface area contributed by atoms with Gasteiger partial charge in [0.15, 0.2) is 5.82 Å². The third kappa shape index (κ3) is 4.34. The molecule has 0 saturated heterocycles. The van der Waals surface area contributed by atoms with E-state index in [1.54, 1.807) is 19.5 Å². The third-order valence-electron chi connectivity index (χ3n) is 3.96. The van der Waals surface area contributed by atoms with E-state index in [-0.39, 0.29) is 0 Å². The van der Waals surface area contributed by atoms with E-state index >= 15 is 0 Å². The van der Waals surface area contributed by atoms with Crippen molar-refractivity contribution < 1.29 is 4.74 Å². The standard InChI is InChI=1S/C20H23N5O/c1-25(2)19-11-17(23-20(24-19)16-8-6-10-21-13-16)14-22-12-15-7-4-5-9-18(15)26-3/h4-11,13,22H,12,14H2,1-3H3. The van der Waals surface area contributed by atoms with Crippen molar-refractivity contribution >= 4 is 5.82 Å². The van der Waals surface area contributed by atoms with Crippen LogP contribution in [-0.2, 0) is 13.1 Å². The van der Waals surface area contributed by atoms with E-state index in [2.05, 4.69) is 26.3 Å². The Morgan fingerprint density at radius 2 is 1.88 bits per heavy atom. The first kappa shape index (κ1) is 17.8. The van der Waals surface area contributed by atoms with Gasteiger partial charge in [-0.25, -0.2) is 9.97 Å². The highest BCUT2D eigenvalue weighted by Gasteiger charge is 2.09. The summed E-state index contributed by atoms with van der Waals surface area (Å²) in [5.74, 6) is 2.43. The Balaban J connectivity index is 1.78. The van der Waals surface area contributed by atoms with Crippen LogP contribution in [0.4, 0.5) is 5.82 Å². The fourth-order valence-electron chi connectivity index (χ4n) is 2.60. The molecule has 1 N–H and O–H groups in total. The van der Waals surface area contributed by atoms with Gasteiger partial charge < -0.3 is 15.0 Å². The molecule has 0 amide bonds. The van der Waals surface area contributed by atoms with Crippen molar-refractivity contribution in [3.63, 3.8) is 0 Å². The maximum atomic E-state index is 5.40. The Morgan fingerprint density at radius 3 is 2.62 bits per heavy atom. The lowest BCUT2D eigenvalue weighted by Crippen LogP contribution is -2.17. The second-order valence-corrected chi connectivity index (χ2v) is 6.09. The van der Waals surface area contributed by atoms with E-state index in [4.69, 9.17) is 4.74 Å². The molecular weight excluding hydrogens is 326 g/mol. The molecule has 0 radical (unpaired) electrons. The first-order valence-corrected chi connectivity index (χ1v) is 8.45. The summed E-state index contributed by atoms with van der Waals surface area (Å²) < 4.78 is 5.40. The number of pyridine rings is 1. The molecule has 0 aliphatic heterocycles. The Labute approximate surface area is 153 Å². The predicted octanol–water partition coefficient (Wildman–Crippen LogP) is 2.90. The number of anilines is 1. The molecule has 0 unspecified atom stereocenters. The molecule has 0 saturated carbocycles. The average molecular weight is 349 g/mol. The first-order chi connectivity index (χ1) is 12.7. The maximum absolute atomic E-state index is 5.40. The van der Waals surface area contributed by atoms with Gasteiger partial charge in [0.05, 0.1) is 12.8 Å². The van der Waals surface area contributed by atoms with E-state index < -0.39 is 0 Å². The van der Waals surface area contributed by atoms with Crippen LogP contribution in [-0.4, -0.2) is 36.2 Å². The zero-order valence-electron chi connectivity index (χ0n) is 15.3. The number of aromatic nitrogens is 3. The molecule has 3 rings (SSSR count). The minimum Gasteiger partial charge on any atom is -0.496 e. The zero-order chi connectivity index (χ0) is 18.4. The van der Waals surface area contributed by atoms with Crippen LogP contribution in [0.2, 0.25) is 0 Å². The molecule has 134 valence electrons. The zero-order valence-corrected chi connectivity index (χ0v) is 15.3. The van der Waals surface area contributed by atoms with E-state index in [0.29, 0.717) is 18.9 Å². The summed E-state index contributed by atoms with van der Waals surface area (Å²) in [7, 11) is 5.63. The van der Waals surface area contributed by atoms with E-state index in [9.17, 15) is 0 Å². The Kier molecular flexibility index (Phi) is 5.76. The summed E-state index contributed by atoms with van der Waals surface area (Å²) >= 11 is 0. The van der Waals surface area contributed by atoms with Gasteiger partial charge in [0.2, 0.25) is 0 Å². The van der Waals surface area contributed by atoms with Gasteiger partial charge in [-0.3, -0.25) is 4.98 Å². The Morgan fingerprint density at radius 1 is 1.04 bits per heavy atom. The van der Waals surface area contributed by atoms with Crippen LogP contribution in [0, 0.1) is 0 Å². The fourth-order valence-corrected chi connectivity index (χ4v) is 2.60. The van der Waals surface area contributed by atoms with Crippen molar-refractivity contribution in [1.82, 2.24) is 20.3 Å². The number of nitrogens with one attached hydrogen (secondary N) is 1. The summed E-state index contributed by atoms with van der Waals surface area (Å²) in [5.41, 5.74) is 2.95. The number of methoxy groups -OCH3 is 1. The number of benzene rings is 1. The number of para-hydroxylation sites is 1. The van der Waals surface area contributed by atoms with Gasteiger partial charge in [-0.2, -0.15) is 0 Å². The van der Waals surface area contributed by atoms with Gasteiger partial charge in [-0.1, -0.05) is 18.2 Å². The molecule has 2 heterocycles. The summed E-state index contributed by atoms with van der Waals surface area (Å²) in [4.78, 5) is 15.5. The van der Waals surface area contributed by atoms with Crippen LogP contribution in [0.15, 0.2) is 54.9 Å². The Bertz CT molecular complexity index is 852. The minimum absolute atomic E-state index is 0.634. The predicted molar refractivity (Wildman–Crippen MR) is 103 cm³/mol. The molecule has 6 nitrogen and oxygen atoms in total. The monoisotopic (exact) mass is 349 g/mol. The summed E-state index contributed by atoms with van der Waals surface area (Å²) in [5, 5.41) is 3.43. The van der Waals surface area contributed by atoms with E-state index in [1.807, 2.05) is 55.4 Å². The van der Waals surface area contributed by atoms with Crippen molar-refractivity contribution in [3.05, 3.63) is 66.1 Å². The van der Waals surface area contributed by atoms with Crippen molar-refractivity contribution in [2.75, 3.05) is 26.1 Å². The van der Waals surface area contributed by atoms with Crippen LogP contribution < -0.4 is 15.0 Å². The second-order valence-electron chi connectivity index (χ2n) is 6.09. The molecule has 0 spiro atoms. The average Bonchev–Trinajstić information content (AvgIpc) is 2.69. The molecule has 0 aliphatic rings. The molecule has 0 fully saturated rings. The largest absolute Gasteiger partial charge is 0.496 e. The lowest BCUT2D eigenvalue weighted by Gasteiger charge is -2.15. The van der Waals surface area contributed by atoms with Gasteiger partial charge in [-0.05, 0) is 18.2 Å². The first-order valence-electron chi connectivity index (χ1n) is 8.45. The van der Waals surface area contributed by atoms with Crippen molar-refractivity contribution in [3.8, 4) is 17.1 Å². The SMILES string of the molecule is COc1ccccc1CNCc1cc(N(C)C)nc(-c2cccnc2)n1. The van der Waals surface area contributed by atoms with Gasteiger partial charge in [0, 0.05) is 56.8 Å². The number of ether oxygens (including phenoxy) is 1. The highest BCUT2D eigenvalue weighted by atomic mass is 16.5. The molecule has 0 atom stereocenters. The van der Waals surface area contributed by atoms with Gasteiger partial charge in [-0.15, -0.1) is 0 Å². The fraction of sp³-hybridized carbons (Fsp3) is 0.250. The molecule has 1 aromatic carbocycles. The molecular formula is C20H23N5O. The topological polar surface area (TPSA) is 63.2 Å². The third-order valence-corrected chi connectivity index (χ3v) is 3.96. The van der Waals surface area contributed by atoms with Crippen molar-refractivity contribution in [2.24, 2.45) is 0 Å². The summed E-state index contributed by atoms with van der Waals surface area (Å²) in [6.07, 6.45) is 3.52. The molecule has 3 aromatic rings. The second kappa shape index (κ2) is 8.40. The van der Waals surface area contributed by atoms with E-state index in [1.165, 1.54) is 0 Å². The molecule has 0 bridgehead atoms. The van der Waals surface area contributed by atoms with Gasteiger partial charge in [0.25, 0.3) is 0 Å². The van der Waals surface area contributed by atoms with Crippen LogP contribution >= 0.6 is 0 Å². The van der Waals surface area contributed by atoms with Crippen LogP contribution in [0.5, 0.6) is 5.75 Å². The lowest BCUT2D eigenvalue weighted by molar-refractivity contribution is 0.407. The highest BCUT2D eigenvalue weighted by molar-refractivity contribution is 5.56. The smallest absolute Gasteiger partial charge is 0.163 e. The molecule has 2 aromatic heterocycles. The van der Waals surface area contributed by atoms with Gasteiger partial charge >= 0.3 is 0 Å². The van der Waals surface area contributed by atoms with Gasteiger partial charge in [0.1, 0.15) is 11.6 Å². The number of hydrogen-bond donors (Lipinski definition) is 1. The van der Waals surface area contributed by atoms with E-state index in [0.717, 1.165) is 28.4 Å².